The Morgan fingerprint density at radius 2 is 2.17 bits per heavy atom. The molecule has 0 aliphatic carbocycles. The minimum Gasteiger partial charge on any atom is -0.477 e. The van der Waals surface area contributed by atoms with E-state index in [1.165, 1.54) is 18.9 Å². The van der Waals surface area contributed by atoms with Crippen LogP contribution in [0.3, 0.4) is 0 Å². The number of carboxylic acid groups (broad SMARTS) is 1. The van der Waals surface area contributed by atoms with Gasteiger partial charge in [0.25, 0.3) is 11.8 Å². The molecule has 0 unspecified atom stereocenters. The van der Waals surface area contributed by atoms with Gasteiger partial charge in [-0.05, 0) is 12.5 Å². The molecule has 2 aliphatic rings. The van der Waals surface area contributed by atoms with Crippen LogP contribution in [-0.2, 0) is 24.0 Å². The van der Waals surface area contributed by atoms with E-state index in [9.17, 15) is 24.3 Å². The highest BCUT2D eigenvalue weighted by atomic mass is 79.9. The second kappa shape index (κ2) is 7.34. The number of amides is 2. The number of hydrogen-bond acceptors (Lipinski definition) is 7. The number of rotatable bonds is 6. The molecule has 11 heteroatoms. The third-order valence-electron chi connectivity index (χ3n) is 3.43. The number of carbonyl (C=O) groups is 4. The van der Waals surface area contributed by atoms with E-state index in [2.05, 4.69) is 31.2 Å². The Balaban J connectivity index is 2.15. The summed E-state index contributed by atoms with van der Waals surface area (Å²) in [6.45, 7) is 1.64. The van der Waals surface area contributed by atoms with Gasteiger partial charge in [0.05, 0.1) is 5.33 Å². The number of ketones is 1. The molecule has 2 atom stereocenters. The number of oxime groups is 1. The number of fused-ring (bicyclic) bond motifs is 1. The van der Waals surface area contributed by atoms with Crippen molar-refractivity contribution in [2.75, 3.05) is 18.2 Å². The molecule has 2 N–H and O–H groups in total. The molecule has 1 saturated heterocycles. The number of β-lactam (4-membered cyclic amide) rings is 1. The molecule has 0 radical (unpaired) electrons. The van der Waals surface area contributed by atoms with Crippen molar-refractivity contribution >= 4 is 57.0 Å². The molecular weight excluding hydrogens is 406 g/mol. The number of alkyl halides is 1. The molecule has 0 spiro atoms. The normalized spacial score (nSPS) is 23.4. The van der Waals surface area contributed by atoms with Crippen molar-refractivity contribution in [2.24, 2.45) is 5.16 Å². The van der Waals surface area contributed by atoms with Gasteiger partial charge in [0.15, 0.2) is 0 Å². The van der Waals surface area contributed by atoms with Gasteiger partial charge in [-0.25, -0.2) is 4.79 Å². The second-order valence-corrected chi connectivity index (χ2v) is 6.64. The van der Waals surface area contributed by atoms with Gasteiger partial charge in [-0.1, -0.05) is 21.1 Å². The van der Waals surface area contributed by atoms with E-state index in [0.717, 1.165) is 4.90 Å². The summed E-state index contributed by atoms with van der Waals surface area (Å²) in [5.41, 5.74) is 0.0566. The van der Waals surface area contributed by atoms with Crippen molar-refractivity contribution in [2.45, 2.75) is 18.3 Å². The van der Waals surface area contributed by atoms with Crippen molar-refractivity contribution in [3.05, 3.63) is 11.3 Å². The lowest BCUT2D eigenvalue weighted by molar-refractivity contribution is -0.150. The molecular formula is C13H14BrN3O6S. The van der Waals surface area contributed by atoms with Crippen molar-refractivity contribution in [1.29, 1.82) is 0 Å². The molecule has 2 heterocycles. The van der Waals surface area contributed by atoms with Crippen LogP contribution >= 0.6 is 27.7 Å². The summed E-state index contributed by atoms with van der Waals surface area (Å²) in [5, 5.41) is 14.4. The number of carboxylic acids is 1. The summed E-state index contributed by atoms with van der Waals surface area (Å²) in [6, 6.07) is -0.921. The van der Waals surface area contributed by atoms with Crippen LogP contribution in [0.1, 0.15) is 6.92 Å². The average molecular weight is 420 g/mol. The topological polar surface area (TPSA) is 125 Å². The van der Waals surface area contributed by atoms with E-state index >= 15 is 0 Å². The zero-order chi connectivity index (χ0) is 18.0. The van der Waals surface area contributed by atoms with E-state index in [-0.39, 0.29) is 11.0 Å². The van der Waals surface area contributed by atoms with Crippen LogP contribution < -0.4 is 5.32 Å². The van der Waals surface area contributed by atoms with Crippen molar-refractivity contribution in [1.82, 2.24) is 10.2 Å². The third kappa shape index (κ3) is 3.18. The first-order valence-electron chi connectivity index (χ1n) is 6.72. The largest absolute Gasteiger partial charge is 0.477 e. The molecule has 2 aliphatic heterocycles. The Labute approximate surface area is 149 Å². The second-order valence-electron chi connectivity index (χ2n) is 4.97. The lowest BCUT2D eigenvalue weighted by Gasteiger charge is -2.49. The van der Waals surface area contributed by atoms with Crippen molar-refractivity contribution in [3.63, 3.8) is 0 Å². The molecule has 0 aromatic rings. The van der Waals surface area contributed by atoms with Crippen LogP contribution in [0, 0.1) is 0 Å². The van der Waals surface area contributed by atoms with Crippen LogP contribution in [0.15, 0.2) is 16.4 Å². The van der Waals surface area contributed by atoms with Gasteiger partial charge in [-0.2, -0.15) is 0 Å². The minimum atomic E-state index is -1.19. The number of carbonyl (C=O) groups excluding carboxylic acids is 3. The predicted molar refractivity (Wildman–Crippen MR) is 88.6 cm³/mol. The van der Waals surface area contributed by atoms with Crippen LogP contribution in [0.2, 0.25) is 0 Å². The van der Waals surface area contributed by atoms with Crippen molar-refractivity contribution < 1.29 is 29.1 Å². The smallest absolute Gasteiger partial charge is 0.352 e. The lowest BCUT2D eigenvalue weighted by Crippen LogP contribution is -2.71. The fourth-order valence-corrected chi connectivity index (χ4v) is 3.92. The van der Waals surface area contributed by atoms with E-state index in [0.29, 0.717) is 11.3 Å². The molecule has 2 amide bonds. The Morgan fingerprint density at radius 3 is 2.71 bits per heavy atom. The average Bonchev–Trinajstić information content (AvgIpc) is 2.55. The Bertz CT molecular complexity index is 677. The summed E-state index contributed by atoms with van der Waals surface area (Å²) in [7, 11) is 1.19. The maximum absolute atomic E-state index is 12.2. The van der Waals surface area contributed by atoms with E-state index in [1.54, 1.807) is 6.92 Å². The molecule has 130 valence electrons. The number of thioether (sulfide) groups is 1. The minimum absolute atomic E-state index is 0.0587. The monoisotopic (exact) mass is 419 g/mol. The Morgan fingerprint density at radius 1 is 1.50 bits per heavy atom. The lowest BCUT2D eigenvalue weighted by atomic mass is 10.0. The first-order chi connectivity index (χ1) is 11.3. The number of aliphatic carboxylic acids is 1. The quantitative estimate of drug-likeness (QED) is 0.199. The number of nitrogens with one attached hydrogen (secondary N) is 1. The van der Waals surface area contributed by atoms with Gasteiger partial charge in [0.1, 0.15) is 24.2 Å². The highest BCUT2D eigenvalue weighted by Crippen LogP contribution is 2.40. The highest BCUT2D eigenvalue weighted by Gasteiger charge is 2.54. The summed E-state index contributed by atoms with van der Waals surface area (Å²) in [5.74, 6) is -2.74. The molecule has 2 rings (SSSR count). The predicted octanol–water partition coefficient (Wildman–Crippen LogP) is -0.289. The van der Waals surface area contributed by atoms with E-state index < -0.39 is 40.7 Å². The standard InChI is InChI=1S/C13H14BrN3O6S/c1-5-4-24-12-8(11(20)17(12)9(5)13(21)22)15-10(19)7(16-23-2)6(18)3-14/h8,12H,3-4H2,1-2H3,(H,15,19)(H,21,22)/t8-,12-/m1/s1. The summed E-state index contributed by atoms with van der Waals surface area (Å²) < 4.78 is 0. The molecule has 0 bridgehead atoms. The Hall–Kier alpha value is -1.88. The fraction of sp³-hybridized carbons (Fsp3) is 0.462. The van der Waals surface area contributed by atoms with Crippen LogP contribution in [0.5, 0.6) is 0 Å². The van der Waals surface area contributed by atoms with Crippen LogP contribution in [0.25, 0.3) is 0 Å². The molecule has 9 nitrogen and oxygen atoms in total. The molecule has 1 fully saturated rings. The van der Waals surface area contributed by atoms with E-state index in [4.69, 9.17) is 0 Å². The van der Waals surface area contributed by atoms with Crippen molar-refractivity contribution in [3.8, 4) is 0 Å². The summed E-state index contributed by atoms with van der Waals surface area (Å²) in [6.07, 6.45) is 0. The summed E-state index contributed by atoms with van der Waals surface area (Å²) in [4.78, 5) is 53.0. The SMILES string of the molecule is CON=C(C(=O)CBr)C(=O)N[C@@H]1C(=O)N2C(C(=O)O)=C(C)CS[C@H]12. The van der Waals surface area contributed by atoms with Gasteiger partial charge < -0.3 is 15.3 Å². The van der Waals surface area contributed by atoms with Gasteiger partial charge in [-0.15, -0.1) is 11.8 Å². The first kappa shape index (κ1) is 18.5. The number of nitrogens with zero attached hydrogens (tertiary/aromatic N) is 2. The van der Waals surface area contributed by atoms with Crippen LogP contribution in [-0.4, -0.2) is 68.9 Å². The number of hydrogen-bond donors (Lipinski definition) is 2. The van der Waals surface area contributed by atoms with E-state index in [1.807, 2.05) is 0 Å². The molecule has 0 aromatic heterocycles. The third-order valence-corrected chi connectivity index (χ3v) is 5.36. The number of halogens is 1. The molecule has 24 heavy (non-hydrogen) atoms. The van der Waals surface area contributed by atoms with Crippen LogP contribution in [0.4, 0.5) is 0 Å². The molecule has 0 aromatic carbocycles. The Kier molecular flexibility index (Phi) is 5.65. The summed E-state index contributed by atoms with van der Waals surface area (Å²) >= 11 is 4.27. The van der Waals surface area contributed by atoms with Gasteiger partial charge in [-0.3, -0.25) is 19.3 Å². The maximum atomic E-state index is 12.2. The van der Waals surface area contributed by atoms with Gasteiger partial charge in [0, 0.05) is 5.75 Å². The van der Waals surface area contributed by atoms with Gasteiger partial charge in [0.2, 0.25) is 11.5 Å². The van der Waals surface area contributed by atoms with Gasteiger partial charge >= 0.3 is 5.97 Å². The maximum Gasteiger partial charge on any atom is 0.352 e. The highest BCUT2D eigenvalue weighted by molar-refractivity contribution is 9.09. The number of Topliss-reactive ketones (excluding diaryl/α,β-unsaturated/α-hetero) is 1. The zero-order valence-electron chi connectivity index (χ0n) is 12.7. The first-order valence-corrected chi connectivity index (χ1v) is 8.89. The fourth-order valence-electron chi connectivity index (χ4n) is 2.36. The molecule has 0 saturated carbocycles. The zero-order valence-corrected chi connectivity index (χ0v) is 15.1.